The van der Waals surface area contributed by atoms with Crippen molar-refractivity contribution in [3.8, 4) is 0 Å². The van der Waals surface area contributed by atoms with E-state index >= 15 is 0 Å². The molecule has 0 fully saturated rings. The maximum atomic E-state index is 11.2. The first-order valence-electron chi connectivity index (χ1n) is 6.99. The van der Waals surface area contributed by atoms with Crippen LogP contribution in [0, 0.1) is 0 Å². The van der Waals surface area contributed by atoms with Gasteiger partial charge in [0.25, 0.3) is 0 Å². The Labute approximate surface area is 146 Å². The summed E-state index contributed by atoms with van der Waals surface area (Å²) < 4.78 is 24.8. The van der Waals surface area contributed by atoms with Crippen LogP contribution >= 0.6 is 23.2 Å². The lowest BCUT2D eigenvalue weighted by Crippen LogP contribution is -2.18. The van der Waals surface area contributed by atoms with Gasteiger partial charge >= 0.3 is 0 Å². The third-order valence-corrected chi connectivity index (χ3v) is 4.29. The number of benzene rings is 2. The third-order valence-electron chi connectivity index (χ3n) is 3.25. The summed E-state index contributed by atoms with van der Waals surface area (Å²) in [5.41, 5.74) is 2.60. The van der Waals surface area contributed by atoms with Crippen LogP contribution in [0.25, 0.3) is 0 Å². The van der Waals surface area contributed by atoms with Crippen LogP contribution in [-0.2, 0) is 16.6 Å². The quantitative estimate of drug-likeness (QED) is 0.797. The molecular formula is C16H18Cl2N2O2S. The van der Waals surface area contributed by atoms with Crippen molar-refractivity contribution in [2.45, 2.75) is 19.5 Å². The summed E-state index contributed by atoms with van der Waals surface area (Å²) in [6.45, 7) is 2.66. The van der Waals surface area contributed by atoms with E-state index in [1.165, 1.54) is 0 Å². The van der Waals surface area contributed by atoms with E-state index in [9.17, 15) is 8.42 Å². The van der Waals surface area contributed by atoms with E-state index in [1.54, 1.807) is 18.2 Å². The molecule has 0 unspecified atom stereocenters. The van der Waals surface area contributed by atoms with Crippen LogP contribution in [0.4, 0.5) is 5.69 Å². The molecule has 4 nitrogen and oxygen atoms in total. The molecule has 0 aliphatic heterocycles. The number of anilines is 1. The molecule has 2 aromatic carbocycles. The summed E-state index contributed by atoms with van der Waals surface area (Å²) >= 11 is 12.0. The Hall–Kier alpha value is -1.27. The van der Waals surface area contributed by atoms with Gasteiger partial charge in [0.05, 0.1) is 6.26 Å². The molecule has 0 spiro atoms. The molecule has 0 saturated heterocycles. The molecule has 0 amide bonds. The zero-order valence-corrected chi connectivity index (χ0v) is 15.1. The normalized spacial score (nSPS) is 12.9. The predicted octanol–water partition coefficient (Wildman–Crippen LogP) is 4.22. The van der Waals surface area contributed by atoms with Crippen LogP contribution in [-0.4, -0.2) is 14.7 Å². The zero-order chi connectivity index (χ0) is 17.0. The second-order valence-corrected chi connectivity index (χ2v) is 8.00. The molecule has 0 saturated carbocycles. The minimum absolute atomic E-state index is 0.0973. The second-order valence-electron chi connectivity index (χ2n) is 5.38. The van der Waals surface area contributed by atoms with Crippen molar-refractivity contribution in [2.75, 3.05) is 11.0 Å². The highest BCUT2D eigenvalue weighted by atomic mass is 35.5. The van der Waals surface area contributed by atoms with Crippen molar-refractivity contribution in [2.24, 2.45) is 0 Å². The van der Waals surface area contributed by atoms with Crippen LogP contribution in [0.3, 0.4) is 0 Å². The summed E-state index contributed by atoms with van der Waals surface area (Å²) in [5.74, 6) is 0. The molecule has 23 heavy (non-hydrogen) atoms. The van der Waals surface area contributed by atoms with Gasteiger partial charge in [0.15, 0.2) is 0 Å². The lowest BCUT2D eigenvalue weighted by atomic mass is 10.1. The smallest absolute Gasteiger partial charge is 0.229 e. The van der Waals surface area contributed by atoms with Crippen molar-refractivity contribution in [3.05, 3.63) is 63.6 Å². The maximum Gasteiger partial charge on any atom is 0.229 e. The molecule has 1 atom stereocenters. The Balaban J connectivity index is 1.99. The molecule has 2 N–H and O–H groups in total. The monoisotopic (exact) mass is 372 g/mol. The van der Waals surface area contributed by atoms with Gasteiger partial charge in [-0.15, -0.1) is 0 Å². The summed E-state index contributed by atoms with van der Waals surface area (Å²) in [6, 6.07) is 12.8. The number of hydrogen-bond acceptors (Lipinski definition) is 3. The number of rotatable bonds is 6. The Morgan fingerprint density at radius 1 is 1.04 bits per heavy atom. The highest BCUT2D eigenvalue weighted by molar-refractivity contribution is 7.92. The fraction of sp³-hybridized carbons (Fsp3) is 0.250. The largest absolute Gasteiger partial charge is 0.306 e. The number of sulfonamides is 1. The van der Waals surface area contributed by atoms with E-state index in [0.717, 1.165) is 17.4 Å². The summed E-state index contributed by atoms with van der Waals surface area (Å²) in [5, 5.41) is 4.60. The zero-order valence-electron chi connectivity index (χ0n) is 12.8. The van der Waals surface area contributed by atoms with Crippen LogP contribution in [0.1, 0.15) is 24.1 Å². The fourth-order valence-corrected chi connectivity index (χ4v) is 3.29. The average molecular weight is 373 g/mol. The number of hydrogen-bond donors (Lipinski definition) is 2. The summed E-state index contributed by atoms with van der Waals surface area (Å²) in [4.78, 5) is 0. The Morgan fingerprint density at radius 3 is 2.13 bits per heavy atom. The summed E-state index contributed by atoms with van der Waals surface area (Å²) in [7, 11) is -3.26. The highest BCUT2D eigenvalue weighted by Gasteiger charge is 2.07. The van der Waals surface area contributed by atoms with E-state index in [4.69, 9.17) is 23.2 Å². The molecule has 2 aromatic rings. The van der Waals surface area contributed by atoms with Gasteiger partial charge in [0.2, 0.25) is 10.0 Å². The molecule has 2 rings (SSSR count). The lowest BCUT2D eigenvalue weighted by Gasteiger charge is -2.15. The Morgan fingerprint density at radius 2 is 1.61 bits per heavy atom. The van der Waals surface area contributed by atoms with Crippen LogP contribution in [0.2, 0.25) is 10.0 Å². The van der Waals surface area contributed by atoms with Gasteiger partial charge in [-0.25, -0.2) is 8.42 Å². The maximum absolute atomic E-state index is 11.2. The third kappa shape index (κ3) is 6.03. The fourth-order valence-electron chi connectivity index (χ4n) is 2.16. The number of halogens is 2. The molecule has 0 bridgehead atoms. The molecule has 0 aliphatic rings. The van der Waals surface area contributed by atoms with Crippen molar-refractivity contribution in [3.63, 3.8) is 0 Å². The van der Waals surface area contributed by atoms with Gasteiger partial charge < -0.3 is 5.32 Å². The van der Waals surface area contributed by atoms with Crippen molar-refractivity contribution >= 4 is 38.9 Å². The minimum Gasteiger partial charge on any atom is -0.306 e. The van der Waals surface area contributed by atoms with Gasteiger partial charge in [-0.2, -0.15) is 0 Å². The molecule has 0 aliphatic carbocycles. The van der Waals surface area contributed by atoms with E-state index in [-0.39, 0.29) is 6.04 Å². The van der Waals surface area contributed by atoms with Gasteiger partial charge in [-0.3, -0.25) is 4.72 Å². The van der Waals surface area contributed by atoms with E-state index < -0.39 is 10.0 Å². The molecule has 0 heterocycles. The first kappa shape index (κ1) is 18.1. The van der Waals surface area contributed by atoms with Crippen molar-refractivity contribution in [1.82, 2.24) is 5.32 Å². The van der Waals surface area contributed by atoms with E-state index in [0.29, 0.717) is 22.3 Å². The van der Waals surface area contributed by atoms with Gasteiger partial charge in [0.1, 0.15) is 0 Å². The topological polar surface area (TPSA) is 58.2 Å². The standard InChI is InChI=1S/C16H18Cl2N2O2S/c1-11(19-10-12-7-14(17)9-15(18)8-12)13-3-5-16(6-4-13)20-23(2,21)22/h3-9,11,19-20H,10H2,1-2H3/t11-/m1/s1. The lowest BCUT2D eigenvalue weighted by molar-refractivity contribution is 0.575. The van der Waals surface area contributed by atoms with E-state index in [1.807, 2.05) is 31.2 Å². The first-order valence-corrected chi connectivity index (χ1v) is 9.64. The van der Waals surface area contributed by atoms with Crippen molar-refractivity contribution < 1.29 is 8.42 Å². The van der Waals surface area contributed by atoms with E-state index in [2.05, 4.69) is 10.0 Å². The molecule has 124 valence electrons. The molecule has 0 radical (unpaired) electrons. The molecular weight excluding hydrogens is 355 g/mol. The molecule has 0 aromatic heterocycles. The van der Waals surface area contributed by atoms with Crippen LogP contribution < -0.4 is 10.0 Å². The SMILES string of the molecule is C[C@@H](NCc1cc(Cl)cc(Cl)c1)c1ccc(NS(C)(=O)=O)cc1. The Bertz CT molecular complexity index is 757. The average Bonchev–Trinajstić information content (AvgIpc) is 2.43. The van der Waals surface area contributed by atoms with Crippen LogP contribution in [0.15, 0.2) is 42.5 Å². The van der Waals surface area contributed by atoms with Crippen molar-refractivity contribution in [1.29, 1.82) is 0 Å². The highest BCUT2D eigenvalue weighted by Crippen LogP contribution is 2.21. The Kier molecular flexibility index (Phi) is 5.92. The van der Waals surface area contributed by atoms with Gasteiger partial charge in [-0.05, 0) is 48.4 Å². The first-order chi connectivity index (χ1) is 10.7. The van der Waals surface area contributed by atoms with Crippen LogP contribution in [0.5, 0.6) is 0 Å². The summed E-state index contributed by atoms with van der Waals surface area (Å²) in [6.07, 6.45) is 1.13. The molecule has 7 heteroatoms. The number of nitrogens with one attached hydrogen (secondary N) is 2. The second kappa shape index (κ2) is 7.53. The van der Waals surface area contributed by atoms with Gasteiger partial charge in [-0.1, -0.05) is 35.3 Å². The minimum atomic E-state index is -3.26. The predicted molar refractivity (Wildman–Crippen MR) is 96.6 cm³/mol. The van der Waals surface area contributed by atoms with Gasteiger partial charge in [0, 0.05) is 28.3 Å².